The number of hydrogen-bond acceptors (Lipinski definition) is 3. The van der Waals surface area contributed by atoms with Crippen LogP contribution in [0.3, 0.4) is 0 Å². The number of aromatic nitrogens is 2. The van der Waals surface area contributed by atoms with E-state index in [-0.39, 0.29) is 0 Å². The molecule has 0 radical (unpaired) electrons. The Labute approximate surface area is 96.5 Å². The summed E-state index contributed by atoms with van der Waals surface area (Å²) in [6.45, 7) is 0. The van der Waals surface area contributed by atoms with E-state index in [1.807, 2.05) is 29.9 Å². The molecule has 0 aliphatic rings. The summed E-state index contributed by atoms with van der Waals surface area (Å²) in [4.78, 5) is 11.6. The summed E-state index contributed by atoms with van der Waals surface area (Å²) in [5.41, 5.74) is 2.22. The third-order valence-electron chi connectivity index (χ3n) is 2.35. The summed E-state index contributed by atoms with van der Waals surface area (Å²) in [5, 5.41) is 3.88. The number of H-pyrrole nitrogens is 1. The predicted molar refractivity (Wildman–Crippen MR) is 67.7 cm³/mol. The highest BCUT2D eigenvalue weighted by molar-refractivity contribution is 7.13. The van der Waals surface area contributed by atoms with Crippen LogP contribution < -0.4 is 0 Å². The molecule has 0 amide bonds. The van der Waals surface area contributed by atoms with Gasteiger partial charge in [0, 0.05) is 40.5 Å². The van der Waals surface area contributed by atoms with E-state index >= 15 is 0 Å². The number of thiazole rings is 1. The lowest BCUT2D eigenvalue weighted by molar-refractivity contribution is 1.36. The Bertz CT molecular complexity index is 623. The topological polar surface area (TPSA) is 41.0 Å². The number of benzene rings is 1. The zero-order chi connectivity index (χ0) is 10.8. The molecule has 0 spiro atoms. The maximum atomic E-state index is 4.32. The monoisotopic (exact) mass is 227 g/mol. The quantitative estimate of drug-likeness (QED) is 0.670. The Morgan fingerprint density at radius 3 is 3.12 bits per heavy atom. The molecular weight excluding hydrogens is 218 g/mol. The molecule has 0 aliphatic carbocycles. The highest BCUT2D eigenvalue weighted by Gasteiger charge is 1.99. The molecule has 2 aromatic heterocycles. The lowest BCUT2D eigenvalue weighted by Crippen LogP contribution is -1.75. The largest absolute Gasteiger partial charge is 0.361 e. The van der Waals surface area contributed by atoms with Crippen molar-refractivity contribution in [3.05, 3.63) is 47.6 Å². The number of aromatic amines is 1. The fraction of sp³-hybridized carbons (Fsp3) is 0. The predicted octanol–water partition coefficient (Wildman–Crippen LogP) is 3.38. The summed E-state index contributed by atoms with van der Waals surface area (Å²) in [5.74, 6) is 0. The van der Waals surface area contributed by atoms with Crippen LogP contribution in [0.15, 0.2) is 47.0 Å². The average Bonchev–Trinajstić information content (AvgIpc) is 2.96. The van der Waals surface area contributed by atoms with Gasteiger partial charge >= 0.3 is 0 Å². The fourth-order valence-electron chi connectivity index (χ4n) is 1.61. The number of nitrogens with zero attached hydrogens (tertiary/aromatic N) is 2. The van der Waals surface area contributed by atoms with Gasteiger partial charge in [-0.1, -0.05) is 18.2 Å². The number of aliphatic imine (C=N–C) groups is 1. The maximum Gasteiger partial charge on any atom is 0.208 e. The molecule has 0 unspecified atom stereocenters. The molecular formula is C12H9N3S. The van der Waals surface area contributed by atoms with Crippen LogP contribution in [-0.4, -0.2) is 16.2 Å². The van der Waals surface area contributed by atoms with E-state index in [1.54, 1.807) is 6.20 Å². The zero-order valence-electron chi connectivity index (χ0n) is 8.42. The smallest absolute Gasteiger partial charge is 0.208 e. The lowest BCUT2D eigenvalue weighted by Gasteiger charge is -1.89. The minimum absolute atomic E-state index is 0.783. The Morgan fingerprint density at radius 2 is 2.25 bits per heavy atom. The van der Waals surface area contributed by atoms with Crippen LogP contribution in [0.4, 0.5) is 5.13 Å². The van der Waals surface area contributed by atoms with Gasteiger partial charge in [0.15, 0.2) is 0 Å². The minimum Gasteiger partial charge on any atom is -0.361 e. The van der Waals surface area contributed by atoms with Crippen LogP contribution in [0.5, 0.6) is 0 Å². The highest BCUT2D eigenvalue weighted by Crippen LogP contribution is 2.18. The van der Waals surface area contributed by atoms with E-state index in [0.29, 0.717) is 0 Å². The number of fused-ring (bicyclic) bond motifs is 1. The van der Waals surface area contributed by atoms with Gasteiger partial charge in [-0.25, -0.2) is 9.98 Å². The van der Waals surface area contributed by atoms with Gasteiger partial charge in [-0.05, 0) is 6.07 Å². The van der Waals surface area contributed by atoms with Gasteiger partial charge in [0.2, 0.25) is 5.13 Å². The van der Waals surface area contributed by atoms with Gasteiger partial charge in [-0.15, -0.1) is 11.3 Å². The molecule has 0 bridgehead atoms. The third kappa shape index (κ3) is 1.63. The molecule has 1 N–H and O–H groups in total. The summed E-state index contributed by atoms with van der Waals surface area (Å²) in [6, 6.07) is 8.17. The Balaban J connectivity index is 2.01. The third-order valence-corrected chi connectivity index (χ3v) is 3.03. The molecule has 0 saturated carbocycles. The summed E-state index contributed by atoms with van der Waals surface area (Å²) >= 11 is 1.53. The van der Waals surface area contributed by atoms with E-state index < -0.39 is 0 Å². The molecule has 3 nitrogen and oxygen atoms in total. The van der Waals surface area contributed by atoms with Gasteiger partial charge in [0.25, 0.3) is 0 Å². The molecule has 78 valence electrons. The average molecular weight is 227 g/mol. The zero-order valence-corrected chi connectivity index (χ0v) is 9.24. The first-order chi connectivity index (χ1) is 7.93. The molecule has 0 aliphatic heterocycles. The second kappa shape index (κ2) is 3.90. The summed E-state index contributed by atoms with van der Waals surface area (Å²) < 4.78 is 0. The van der Waals surface area contributed by atoms with Crippen molar-refractivity contribution in [2.24, 2.45) is 4.99 Å². The van der Waals surface area contributed by atoms with Crippen molar-refractivity contribution in [2.75, 3.05) is 0 Å². The van der Waals surface area contributed by atoms with Crippen LogP contribution >= 0.6 is 11.3 Å². The normalized spacial score (nSPS) is 11.5. The molecule has 1 aromatic carbocycles. The van der Waals surface area contributed by atoms with Crippen molar-refractivity contribution < 1.29 is 0 Å². The van der Waals surface area contributed by atoms with Gasteiger partial charge in [-0.2, -0.15) is 0 Å². The second-order valence-electron chi connectivity index (χ2n) is 3.36. The molecule has 3 aromatic rings. The molecule has 4 heteroatoms. The molecule has 0 saturated heterocycles. The van der Waals surface area contributed by atoms with Crippen LogP contribution in [0.1, 0.15) is 5.56 Å². The van der Waals surface area contributed by atoms with Gasteiger partial charge in [0.1, 0.15) is 0 Å². The SMILES string of the molecule is C(=N\c1nccs1)/c1c[nH]c2ccccc12. The molecule has 0 atom stereocenters. The number of hydrogen-bond donors (Lipinski definition) is 1. The Hall–Kier alpha value is -1.94. The molecule has 3 rings (SSSR count). The minimum atomic E-state index is 0.783. The summed E-state index contributed by atoms with van der Waals surface area (Å²) in [6.07, 6.45) is 5.56. The van der Waals surface area contributed by atoms with Gasteiger partial charge in [-0.3, -0.25) is 0 Å². The van der Waals surface area contributed by atoms with Crippen LogP contribution in [0, 0.1) is 0 Å². The van der Waals surface area contributed by atoms with Crippen LogP contribution in [0.2, 0.25) is 0 Å². The first-order valence-electron chi connectivity index (χ1n) is 4.93. The first-order valence-corrected chi connectivity index (χ1v) is 5.81. The standard InChI is InChI=1S/C12H9N3S/c1-2-4-11-10(3-1)9(7-14-11)8-15-12-13-5-6-16-12/h1-8,14H/b15-8+. The fourth-order valence-corrected chi connectivity index (χ4v) is 2.08. The van der Waals surface area contributed by atoms with E-state index in [9.17, 15) is 0 Å². The van der Waals surface area contributed by atoms with E-state index in [0.717, 1.165) is 16.2 Å². The van der Waals surface area contributed by atoms with Gasteiger partial charge in [0.05, 0.1) is 0 Å². The van der Waals surface area contributed by atoms with Crippen LogP contribution in [-0.2, 0) is 0 Å². The highest BCUT2D eigenvalue weighted by atomic mass is 32.1. The molecule has 2 heterocycles. The van der Waals surface area contributed by atoms with Crippen molar-refractivity contribution in [3.8, 4) is 0 Å². The molecule has 0 fully saturated rings. The summed E-state index contributed by atoms with van der Waals surface area (Å²) in [7, 11) is 0. The van der Waals surface area contributed by atoms with Crippen molar-refractivity contribution in [1.29, 1.82) is 0 Å². The lowest BCUT2D eigenvalue weighted by atomic mass is 10.2. The van der Waals surface area contributed by atoms with E-state index in [4.69, 9.17) is 0 Å². The van der Waals surface area contributed by atoms with Crippen molar-refractivity contribution in [3.63, 3.8) is 0 Å². The second-order valence-corrected chi connectivity index (χ2v) is 4.24. The molecule has 16 heavy (non-hydrogen) atoms. The number of para-hydroxylation sites is 1. The first kappa shape index (κ1) is 9.30. The Morgan fingerprint density at radius 1 is 1.31 bits per heavy atom. The number of rotatable bonds is 2. The van der Waals surface area contributed by atoms with Crippen molar-refractivity contribution in [2.45, 2.75) is 0 Å². The van der Waals surface area contributed by atoms with Crippen molar-refractivity contribution >= 4 is 33.6 Å². The van der Waals surface area contributed by atoms with E-state index in [2.05, 4.69) is 27.1 Å². The number of nitrogens with one attached hydrogen (secondary N) is 1. The van der Waals surface area contributed by atoms with E-state index in [1.165, 1.54) is 16.7 Å². The van der Waals surface area contributed by atoms with Gasteiger partial charge < -0.3 is 4.98 Å². The maximum absolute atomic E-state index is 4.32. The van der Waals surface area contributed by atoms with Crippen molar-refractivity contribution in [1.82, 2.24) is 9.97 Å². The van der Waals surface area contributed by atoms with Crippen LogP contribution in [0.25, 0.3) is 10.9 Å². The Kier molecular flexibility index (Phi) is 2.27.